The number of rotatable bonds is 5. The van der Waals surface area contributed by atoms with Crippen molar-refractivity contribution in [2.75, 3.05) is 13.7 Å². The lowest BCUT2D eigenvalue weighted by molar-refractivity contribution is 0.0950. The van der Waals surface area contributed by atoms with Crippen LogP contribution in [0.5, 0.6) is 5.75 Å². The number of methoxy groups -OCH3 is 1. The van der Waals surface area contributed by atoms with Crippen molar-refractivity contribution in [3.05, 3.63) is 75.1 Å². The summed E-state index contributed by atoms with van der Waals surface area (Å²) >= 11 is 0. The lowest BCUT2D eigenvalue weighted by Gasteiger charge is -2.06. The molecule has 0 aliphatic rings. The van der Waals surface area contributed by atoms with Crippen LogP contribution in [-0.2, 0) is 6.54 Å². The van der Waals surface area contributed by atoms with Gasteiger partial charge < -0.3 is 15.0 Å². The Labute approximate surface area is 158 Å². The van der Waals surface area contributed by atoms with Crippen molar-refractivity contribution in [3.63, 3.8) is 0 Å². The van der Waals surface area contributed by atoms with Crippen molar-refractivity contribution >= 4 is 22.5 Å². The predicted molar refractivity (Wildman–Crippen MR) is 103 cm³/mol. The van der Waals surface area contributed by atoms with E-state index in [2.05, 4.69) is 15.4 Å². The largest absolute Gasteiger partial charge is 0.497 e. The Bertz CT molecular complexity index is 1300. The number of nitrogens with one attached hydrogen (secondary N) is 2. The highest BCUT2D eigenvalue weighted by atomic mass is 16.5. The van der Waals surface area contributed by atoms with Crippen LogP contribution in [0.3, 0.4) is 0 Å². The molecule has 28 heavy (non-hydrogen) atoms. The summed E-state index contributed by atoms with van der Waals surface area (Å²) in [6, 6.07) is 10.2. The SMILES string of the molecule is COc1ccc2c(=O)c(C(=O)NCCn3nc4ccccn4c3=O)c[nH]c2c1. The molecular formula is C19H17N5O4. The first-order chi connectivity index (χ1) is 13.6. The fourth-order valence-corrected chi connectivity index (χ4v) is 2.98. The lowest BCUT2D eigenvalue weighted by atomic mass is 10.1. The minimum atomic E-state index is -0.518. The maximum atomic E-state index is 12.6. The van der Waals surface area contributed by atoms with E-state index in [-0.39, 0.29) is 29.8 Å². The van der Waals surface area contributed by atoms with Gasteiger partial charge in [-0.25, -0.2) is 9.48 Å². The standard InChI is InChI=1S/C19H17N5O4/c1-28-12-5-6-13-15(10-12)21-11-14(17(13)25)18(26)20-7-9-24-19(27)23-8-3-2-4-16(23)22-24/h2-6,8,10-11H,7,9H2,1H3,(H,20,26)(H,21,25). The van der Waals surface area contributed by atoms with Gasteiger partial charge >= 0.3 is 5.69 Å². The number of carbonyl (C=O) groups excluding carboxylic acids is 1. The Morgan fingerprint density at radius 1 is 1.25 bits per heavy atom. The van der Waals surface area contributed by atoms with E-state index >= 15 is 0 Å². The summed E-state index contributed by atoms with van der Waals surface area (Å²) in [4.78, 5) is 40.1. The molecule has 0 saturated heterocycles. The van der Waals surface area contributed by atoms with E-state index in [1.807, 2.05) is 0 Å². The first-order valence-electron chi connectivity index (χ1n) is 8.60. The van der Waals surface area contributed by atoms with Gasteiger partial charge in [0.2, 0.25) is 5.43 Å². The topological polar surface area (TPSA) is 110 Å². The van der Waals surface area contributed by atoms with Crippen molar-refractivity contribution in [2.24, 2.45) is 0 Å². The Morgan fingerprint density at radius 3 is 2.89 bits per heavy atom. The van der Waals surface area contributed by atoms with Crippen LogP contribution < -0.4 is 21.2 Å². The van der Waals surface area contributed by atoms with E-state index in [0.717, 1.165) is 0 Å². The molecule has 0 saturated carbocycles. The third kappa shape index (κ3) is 3.02. The normalized spacial score (nSPS) is 11.0. The summed E-state index contributed by atoms with van der Waals surface area (Å²) in [6.07, 6.45) is 3.00. The van der Waals surface area contributed by atoms with Gasteiger partial charge in [0.1, 0.15) is 11.3 Å². The van der Waals surface area contributed by atoms with Crippen molar-refractivity contribution < 1.29 is 9.53 Å². The van der Waals surface area contributed by atoms with Gasteiger partial charge in [-0.3, -0.25) is 14.0 Å². The monoisotopic (exact) mass is 379 g/mol. The average molecular weight is 379 g/mol. The molecular weight excluding hydrogens is 362 g/mol. The fraction of sp³-hybridized carbons (Fsp3) is 0.158. The number of carbonyl (C=O) groups is 1. The van der Waals surface area contributed by atoms with E-state index < -0.39 is 5.91 Å². The Hall–Kier alpha value is -3.88. The van der Waals surface area contributed by atoms with Crippen molar-refractivity contribution in [1.29, 1.82) is 0 Å². The molecule has 4 aromatic rings. The molecule has 0 fully saturated rings. The number of nitrogens with zero attached hydrogens (tertiary/aromatic N) is 3. The zero-order valence-corrected chi connectivity index (χ0v) is 15.0. The number of benzene rings is 1. The smallest absolute Gasteiger partial charge is 0.350 e. The summed E-state index contributed by atoms with van der Waals surface area (Å²) in [5.41, 5.74) is 0.443. The van der Waals surface area contributed by atoms with Crippen LogP contribution in [-0.4, -0.2) is 38.7 Å². The van der Waals surface area contributed by atoms with Gasteiger partial charge in [-0.2, -0.15) is 0 Å². The molecule has 0 bridgehead atoms. The number of hydrogen-bond acceptors (Lipinski definition) is 5. The molecule has 3 heterocycles. The van der Waals surface area contributed by atoms with E-state index in [9.17, 15) is 14.4 Å². The molecule has 0 aliphatic carbocycles. The molecule has 9 heteroatoms. The van der Waals surface area contributed by atoms with Gasteiger partial charge in [0.05, 0.1) is 19.2 Å². The average Bonchev–Trinajstić information content (AvgIpc) is 3.04. The highest BCUT2D eigenvalue weighted by Crippen LogP contribution is 2.16. The predicted octanol–water partition coefficient (Wildman–Crippen LogP) is 0.776. The number of ether oxygens (including phenoxy) is 1. The second-order valence-electron chi connectivity index (χ2n) is 6.13. The lowest BCUT2D eigenvalue weighted by Crippen LogP contribution is -2.33. The number of aromatic nitrogens is 4. The molecule has 0 spiro atoms. The second kappa shape index (κ2) is 7.03. The molecule has 9 nitrogen and oxygen atoms in total. The molecule has 0 radical (unpaired) electrons. The maximum Gasteiger partial charge on any atom is 0.350 e. The highest BCUT2D eigenvalue weighted by molar-refractivity contribution is 5.97. The number of amides is 1. The summed E-state index contributed by atoms with van der Waals surface area (Å²) in [5.74, 6) is 0.0917. The molecule has 0 unspecified atom stereocenters. The summed E-state index contributed by atoms with van der Waals surface area (Å²) in [7, 11) is 1.54. The van der Waals surface area contributed by atoms with Crippen LogP contribution in [0.15, 0.2) is 58.4 Å². The quantitative estimate of drug-likeness (QED) is 0.532. The molecule has 1 amide bonds. The van der Waals surface area contributed by atoms with E-state index in [4.69, 9.17) is 4.74 Å². The third-order valence-electron chi connectivity index (χ3n) is 4.43. The molecule has 4 rings (SSSR count). The molecule has 142 valence electrons. The van der Waals surface area contributed by atoms with E-state index in [1.165, 1.54) is 22.4 Å². The zero-order chi connectivity index (χ0) is 19.7. The van der Waals surface area contributed by atoms with Crippen LogP contribution in [0.4, 0.5) is 0 Å². The third-order valence-corrected chi connectivity index (χ3v) is 4.43. The Kier molecular flexibility index (Phi) is 4.40. The highest BCUT2D eigenvalue weighted by Gasteiger charge is 2.13. The number of H-pyrrole nitrogens is 1. The Morgan fingerprint density at radius 2 is 2.11 bits per heavy atom. The fourth-order valence-electron chi connectivity index (χ4n) is 2.98. The molecule has 2 N–H and O–H groups in total. The maximum absolute atomic E-state index is 12.6. The van der Waals surface area contributed by atoms with E-state index in [0.29, 0.717) is 22.3 Å². The van der Waals surface area contributed by atoms with Gasteiger partial charge in [-0.1, -0.05) is 6.07 Å². The van der Waals surface area contributed by atoms with Crippen LogP contribution >= 0.6 is 0 Å². The van der Waals surface area contributed by atoms with Crippen LogP contribution in [0.2, 0.25) is 0 Å². The van der Waals surface area contributed by atoms with Crippen LogP contribution in [0.1, 0.15) is 10.4 Å². The van der Waals surface area contributed by atoms with Crippen molar-refractivity contribution in [1.82, 2.24) is 24.5 Å². The first-order valence-corrected chi connectivity index (χ1v) is 8.60. The van der Waals surface area contributed by atoms with Crippen molar-refractivity contribution in [2.45, 2.75) is 6.54 Å². The Balaban J connectivity index is 1.50. The van der Waals surface area contributed by atoms with Gasteiger partial charge in [-0.15, -0.1) is 5.10 Å². The first kappa shape index (κ1) is 17.5. The number of pyridine rings is 2. The van der Waals surface area contributed by atoms with Crippen molar-refractivity contribution in [3.8, 4) is 5.75 Å². The minimum Gasteiger partial charge on any atom is -0.497 e. The number of fused-ring (bicyclic) bond motifs is 2. The van der Waals surface area contributed by atoms with E-state index in [1.54, 1.807) is 42.6 Å². The van der Waals surface area contributed by atoms with Crippen LogP contribution in [0.25, 0.3) is 16.6 Å². The number of aromatic amines is 1. The summed E-state index contributed by atoms with van der Waals surface area (Å²) < 4.78 is 7.82. The van der Waals surface area contributed by atoms with Crippen LogP contribution in [0, 0.1) is 0 Å². The summed E-state index contributed by atoms with van der Waals surface area (Å²) in [6.45, 7) is 0.345. The molecule has 0 atom stereocenters. The molecule has 1 aromatic carbocycles. The van der Waals surface area contributed by atoms with Gasteiger partial charge in [0, 0.05) is 30.4 Å². The van der Waals surface area contributed by atoms with Gasteiger partial charge in [-0.05, 0) is 24.3 Å². The summed E-state index contributed by atoms with van der Waals surface area (Å²) in [5, 5.41) is 7.24. The second-order valence-corrected chi connectivity index (χ2v) is 6.13. The zero-order valence-electron chi connectivity index (χ0n) is 15.0. The van der Waals surface area contributed by atoms with Gasteiger partial charge in [0.15, 0.2) is 5.65 Å². The molecule has 0 aliphatic heterocycles. The number of hydrogen-bond donors (Lipinski definition) is 2. The minimum absolute atomic E-state index is 0.0000141. The molecule has 3 aromatic heterocycles. The van der Waals surface area contributed by atoms with Gasteiger partial charge in [0.25, 0.3) is 5.91 Å².